The molecule has 0 aliphatic heterocycles. The molecule has 3 heteroatoms. The summed E-state index contributed by atoms with van der Waals surface area (Å²) in [5, 5.41) is 0.727. The van der Waals surface area contributed by atoms with Gasteiger partial charge in [0, 0.05) is 5.02 Å². The number of hydrogen-bond acceptors (Lipinski definition) is 2. The van der Waals surface area contributed by atoms with E-state index in [4.69, 9.17) is 16.4 Å². The van der Waals surface area contributed by atoms with E-state index in [1.54, 1.807) is 0 Å². The van der Waals surface area contributed by atoms with Gasteiger partial charge in [0.05, 0.1) is 11.8 Å². The average molecular weight is 186 g/mol. The third kappa shape index (κ3) is 3.11. The summed E-state index contributed by atoms with van der Waals surface area (Å²) >= 11 is 5.71. The molecule has 2 nitrogen and oxygen atoms in total. The van der Waals surface area contributed by atoms with Gasteiger partial charge in [0.25, 0.3) is 0 Å². The number of halogens is 1. The molecule has 0 saturated heterocycles. The lowest BCUT2D eigenvalue weighted by Crippen LogP contribution is -2.08. The van der Waals surface area contributed by atoms with Gasteiger partial charge in [-0.1, -0.05) is 11.6 Å². The van der Waals surface area contributed by atoms with Crippen LogP contribution in [0.1, 0.15) is 13.8 Å². The Balaban J connectivity index is 2.48. The van der Waals surface area contributed by atoms with Crippen LogP contribution in [0.25, 0.3) is 0 Å². The second kappa shape index (κ2) is 4.33. The molecule has 1 N–H and O–H groups in total. The van der Waals surface area contributed by atoms with Crippen molar-refractivity contribution in [3.8, 4) is 0 Å². The minimum atomic E-state index is 0.167. The van der Waals surface area contributed by atoms with E-state index in [0.29, 0.717) is 0 Å². The smallest absolute Gasteiger partial charge is 0.0797 e. The summed E-state index contributed by atoms with van der Waals surface area (Å²) in [5.41, 5.74) is 3.72. The van der Waals surface area contributed by atoms with Gasteiger partial charge in [-0.25, -0.2) is 0 Å². The molecule has 0 saturated carbocycles. The van der Waals surface area contributed by atoms with Crippen molar-refractivity contribution in [2.24, 2.45) is 0 Å². The SMILES string of the molecule is CC(C)ONc1ccc(Cl)cc1. The van der Waals surface area contributed by atoms with Crippen LogP contribution < -0.4 is 5.48 Å². The van der Waals surface area contributed by atoms with Crippen LogP contribution in [0.4, 0.5) is 5.69 Å². The minimum absolute atomic E-state index is 0.167. The molecule has 1 rings (SSSR count). The molecule has 12 heavy (non-hydrogen) atoms. The van der Waals surface area contributed by atoms with E-state index < -0.39 is 0 Å². The molecular formula is C9H12ClNO. The van der Waals surface area contributed by atoms with Gasteiger partial charge in [0.2, 0.25) is 0 Å². The highest BCUT2D eigenvalue weighted by Gasteiger charge is 1.93. The first-order chi connectivity index (χ1) is 5.68. The molecule has 0 heterocycles. The van der Waals surface area contributed by atoms with E-state index in [1.807, 2.05) is 38.1 Å². The molecule has 0 aliphatic rings. The second-order valence-electron chi connectivity index (χ2n) is 2.78. The van der Waals surface area contributed by atoms with Gasteiger partial charge in [-0.05, 0) is 38.1 Å². The van der Waals surface area contributed by atoms with Crippen LogP contribution in [0.3, 0.4) is 0 Å². The van der Waals surface area contributed by atoms with Gasteiger partial charge in [-0.2, -0.15) is 0 Å². The van der Waals surface area contributed by atoms with Crippen molar-refractivity contribution in [3.05, 3.63) is 29.3 Å². The standard InChI is InChI=1S/C9H12ClNO/c1-7(2)12-11-9-5-3-8(10)4-6-9/h3-7,11H,1-2H3. The molecule has 0 aliphatic carbocycles. The fourth-order valence-corrected chi connectivity index (χ4v) is 0.830. The Hall–Kier alpha value is -0.730. The maximum absolute atomic E-state index is 5.71. The summed E-state index contributed by atoms with van der Waals surface area (Å²) in [5.74, 6) is 0. The molecule has 1 aromatic rings. The van der Waals surface area contributed by atoms with E-state index in [0.717, 1.165) is 10.7 Å². The first-order valence-electron chi connectivity index (χ1n) is 3.85. The fourth-order valence-electron chi connectivity index (χ4n) is 0.704. The monoisotopic (exact) mass is 185 g/mol. The Bertz CT molecular complexity index is 233. The summed E-state index contributed by atoms with van der Waals surface area (Å²) in [6, 6.07) is 7.36. The van der Waals surface area contributed by atoms with E-state index in [-0.39, 0.29) is 6.10 Å². The maximum atomic E-state index is 5.71. The zero-order chi connectivity index (χ0) is 8.97. The first-order valence-corrected chi connectivity index (χ1v) is 4.23. The predicted octanol–water partition coefficient (Wildman–Crippen LogP) is 3.09. The number of rotatable bonds is 3. The van der Waals surface area contributed by atoms with Crippen LogP contribution in [0.2, 0.25) is 5.02 Å². The van der Waals surface area contributed by atoms with Crippen LogP contribution in [-0.2, 0) is 4.84 Å². The van der Waals surface area contributed by atoms with Crippen LogP contribution >= 0.6 is 11.6 Å². The average Bonchev–Trinajstić information content (AvgIpc) is 2.03. The van der Waals surface area contributed by atoms with E-state index >= 15 is 0 Å². The summed E-state index contributed by atoms with van der Waals surface area (Å²) in [6.07, 6.45) is 0.167. The highest BCUT2D eigenvalue weighted by molar-refractivity contribution is 6.30. The van der Waals surface area contributed by atoms with Gasteiger partial charge >= 0.3 is 0 Å². The topological polar surface area (TPSA) is 21.3 Å². The van der Waals surface area contributed by atoms with Gasteiger partial charge in [0.1, 0.15) is 0 Å². The lowest BCUT2D eigenvalue weighted by atomic mass is 10.3. The molecule has 0 spiro atoms. The van der Waals surface area contributed by atoms with Gasteiger partial charge in [0.15, 0.2) is 0 Å². The molecule has 66 valence electrons. The molecule has 0 aromatic heterocycles. The van der Waals surface area contributed by atoms with E-state index in [1.165, 1.54) is 0 Å². The normalized spacial score (nSPS) is 10.3. The van der Waals surface area contributed by atoms with E-state index in [2.05, 4.69) is 5.48 Å². The number of anilines is 1. The summed E-state index contributed by atoms with van der Waals surface area (Å²) in [6.45, 7) is 3.92. The van der Waals surface area contributed by atoms with Crippen LogP contribution in [0.5, 0.6) is 0 Å². The zero-order valence-electron chi connectivity index (χ0n) is 7.17. The van der Waals surface area contributed by atoms with Gasteiger partial charge in [-0.3, -0.25) is 10.3 Å². The van der Waals surface area contributed by atoms with Crippen molar-refractivity contribution in [1.29, 1.82) is 0 Å². The molecule has 0 bridgehead atoms. The fraction of sp³-hybridized carbons (Fsp3) is 0.333. The minimum Gasteiger partial charge on any atom is -0.273 e. The molecule has 0 fully saturated rings. The summed E-state index contributed by atoms with van der Waals surface area (Å²) in [7, 11) is 0. The maximum Gasteiger partial charge on any atom is 0.0797 e. The van der Waals surface area contributed by atoms with Gasteiger partial charge < -0.3 is 0 Å². The molecule has 0 atom stereocenters. The summed E-state index contributed by atoms with van der Waals surface area (Å²) < 4.78 is 0. The van der Waals surface area contributed by atoms with Crippen LogP contribution in [0, 0.1) is 0 Å². The Kier molecular flexibility index (Phi) is 3.38. The number of nitrogens with one attached hydrogen (secondary N) is 1. The Labute approximate surface area is 77.4 Å². The molecule has 0 radical (unpaired) electrons. The highest BCUT2D eigenvalue weighted by atomic mass is 35.5. The van der Waals surface area contributed by atoms with Crippen LogP contribution in [-0.4, -0.2) is 6.10 Å². The molecular weight excluding hydrogens is 174 g/mol. The molecule has 0 amide bonds. The van der Waals surface area contributed by atoms with Crippen molar-refractivity contribution in [2.75, 3.05) is 5.48 Å². The molecule has 1 aromatic carbocycles. The lowest BCUT2D eigenvalue weighted by Gasteiger charge is -2.09. The molecule has 0 unspecified atom stereocenters. The Morgan fingerprint density at radius 1 is 1.25 bits per heavy atom. The second-order valence-corrected chi connectivity index (χ2v) is 3.21. The van der Waals surface area contributed by atoms with Crippen LogP contribution in [0.15, 0.2) is 24.3 Å². The van der Waals surface area contributed by atoms with Crippen molar-refractivity contribution < 1.29 is 4.84 Å². The predicted molar refractivity (Wildman–Crippen MR) is 51.3 cm³/mol. The quantitative estimate of drug-likeness (QED) is 0.731. The van der Waals surface area contributed by atoms with Crippen molar-refractivity contribution >= 4 is 17.3 Å². The third-order valence-electron chi connectivity index (χ3n) is 1.26. The first kappa shape index (κ1) is 9.36. The van der Waals surface area contributed by atoms with Crippen molar-refractivity contribution in [2.45, 2.75) is 20.0 Å². The lowest BCUT2D eigenvalue weighted by molar-refractivity contribution is 0.130. The third-order valence-corrected chi connectivity index (χ3v) is 1.51. The Morgan fingerprint density at radius 3 is 2.33 bits per heavy atom. The Morgan fingerprint density at radius 2 is 1.83 bits per heavy atom. The van der Waals surface area contributed by atoms with Crippen molar-refractivity contribution in [3.63, 3.8) is 0 Å². The van der Waals surface area contributed by atoms with Crippen molar-refractivity contribution in [1.82, 2.24) is 0 Å². The highest BCUT2D eigenvalue weighted by Crippen LogP contribution is 2.13. The van der Waals surface area contributed by atoms with Gasteiger partial charge in [-0.15, -0.1) is 0 Å². The summed E-state index contributed by atoms with van der Waals surface area (Å²) in [4.78, 5) is 5.17. The number of benzene rings is 1. The zero-order valence-corrected chi connectivity index (χ0v) is 7.93. The number of hydrogen-bond donors (Lipinski definition) is 1. The largest absolute Gasteiger partial charge is 0.273 e. The van der Waals surface area contributed by atoms with E-state index in [9.17, 15) is 0 Å².